The maximum atomic E-state index is 8.53. The molecule has 0 rings (SSSR count). The molecular weight excluding hydrogens is 1390 g/mol. The summed E-state index contributed by atoms with van der Waals surface area (Å²) in [5.41, 5.74) is 0. The zero-order valence-electron chi connectivity index (χ0n) is 14.0. The molecule has 166 valence electrons. The van der Waals surface area contributed by atoms with E-state index in [1.54, 1.807) is 0 Å². The van der Waals surface area contributed by atoms with E-state index in [1.165, 1.54) is 0 Å². The van der Waals surface area contributed by atoms with Crippen molar-refractivity contribution in [2.24, 2.45) is 0 Å². The Kier molecular flexibility index (Phi) is 524. The third-order valence-electron chi connectivity index (χ3n) is 0. The summed E-state index contributed by atoms with van der Waals surface area (Å²) in [7, 11) is 0. The number of rotatable bonds is 0. The molecule has 4 radical (unpaired) electrons. The molecule has 30 heavy (non-hydrogen) atoms. The van der Waals surface area contributed by atoms with Crippen LogP contribution in [0, 0.1) is 0 Å². The second-order valence-electron chi connectivity index (χ2n) is 0.866. The predicted octanol–water partition coefficient (Wildman–Crippen LogP) is -18.7. The van der Waals surface area contributed by atoms with E-state index in [1.807, 2.05) is 0 Å². The van der Waals surface area contributed by atoms with E-state index >= 15 is 0 Å². The van der Waals surface area contributed by atoms with E-state index in [0.717, 1.165) is 0 Å². The van der Waals surface area contributed by atoms with Gasteiger partial charge in [0, 0.05) is 0 Å². The van der Waals surface area contributed by atoms with E-state index in [-0.39, 0.29) is 69.8 Å². The molecule has 0 N–H and O–H groups in total. The standard InChI is InChI=1S/Al.2Bi.9GeHO2/c;;;9*2-1-3/h;;;9*1H/q3*+3;9*-1. The van der Waals surface area contributed by atoms with Crippen LogP contribution in [0.25, 0.3) is 0 Å². The Labute approximate surface area is 277 Å². The SMILES string of the molecule is [Al+3].[Bi+3].[Bi+3].[O]=[GeH][O-].[O]=[GeH][O-].[O]=[GeH][O-].[O]=[GeH][O-].[O]=[GeH][O-].[O]=[GeH][O-].[O]=[GeH][O-].[O]=[GeH][O-].[O]=[GeH][O-]. The van der Waals surface area contributed by atoms with Gasteiger partial charge in [0.25, 0.3) is 0 Å². The second-order valence-corrected chi connectivity index (χ2v) is 4.50. The first-order chi connectivity index (χ1) is 12.7. The van der Waals surface area contributed by atoms with Crippen LogP contribution >= 0.6 is 0 Å². The molecule has 0 aromatic rings. The van der Waals surface area contributed by atoms with E-state index < -0.39 is 141 Å². The van der Waals surface area contributed by atoms with Crippen LogP contribution in [-0.2, 0) is 34.0 Å². The Bertz CT molecular complexity index is 195. The van der Waals surface area contributed by atoms with Crippen LogP contribution in [0.3, 0.4) is 0 Å². The second kappa shape index (κ2) is 205. The number of hydrogen-bond acceptors (Lipinski definition) is 18. The molecular formula is H9AlBi2Ge9O18. The van der Waals surface area contributed by atoms with Crippen molar-refractivity contribution in [3.8, 4) is 0 Å². The topological polar surface area (TPSA) is 361 Å². The average Bonchev–Trinajstić information content (AvgIpc) is 2.53. The summed E-state index contributed by atoms with van der Waals surface area (Å²) in [6.07, 6.45) is 0. The summed E-state index contributed by atoms with van der Waals surface area (Å²) < 4.78 is 154. The van der Waals surface area contributed by atoms with Crippen molar-refractivity contribution in [3.05, 3.63) is 0 Å². The molecule has 0 saturated carbocycles. The summed E-state index contributed by atoms with van der Waals surface area (Å²) in [6, 6.07) is 0. The van der Waals surface area contributed by atoms with Crippen molar-refractivity contribution in [1.29, 1.82) is 0 Å². The molecule has 0 bridgehead atoms. The molecule has 0 aromatic carbocycles. The number of hydrogen-bond donors (Lipinski definition) is 0. The van der Waals surface area contributed by atoms with Gasteiger partial charge in [0.05, 0.1) is 0 Å². The molecule has 0 spiro atoms. The zero-order chi connectivity index (χ0) is 24.4. The fourth-order valence-electron chi connectivity index (χ4n) is 0. The van der Waals surface area contributed by atoms with E-state index in [4.69, 9.17) is 71.2 Å². The molecule has 0 aliphatic rings. The van der Waals surface area contributed by atoms with Crippen molar-refractivity contribution in [3.63, 3.8) is 0 Å². The molecule has 0 fully saturated rings. The van der Waals surface area contributed by atoms with Crippen LogP contribution in [0.2, 0.25) is 0 Å². The predicted molar refractivity (Wildman–Crippen MR) is 87.8 cm³/mol. The molecule has 0 aliphatic heterocycles. The van der Waals surface area contributed by atoms with Gasteiger partial charge in [0.2, 0.25) is 0 Å². The molecule has 0 aliphatic carbocycles. The van der Waals surface area contributed by atoms with Gasteiger partial charge in [-0.05, 0) is 0 Å². The van der Waals surface area contributed by atoms with Gasteiger partial charge in [-0.3, -0.25) is 0 Å². The Hall–Kier alpha value is 3.58. The van der Waals surface area contributed by atoms with Gasteiger partial charge >= 0.3 is 282 Å². The van der Waals surface area contributed by atoms with Crippen molar-refractivity contribution < 1.29 is 71.2 Å². The zero-order valence-corrected chi connectivity index (χ0v) is 43.9. The summed E-state index contributed by atoms with van der Waals surface area (Å²) in [6.45, 7) is 0. The van der Waals surface area contributed by atoms with Gasteiger partial charge in [-0.15, -0.1) is 0 Å². The average molecular weight is 1400 g/mol. The molecule has 0 atom stereocenters. The summed E-state index contributed by atoms with van der Waals surface area (Å²) in [4.78, 5) is 0. The van der Waals surface area contributed by atoms with E-state index in [2.05, 4.69) is 0 Å². The van der Waals surface area contributed by atoms with E-state index in [0.29, 0.717) is 0 Å². The van der Waals surface area contributed by atoms with Crippen molar-refractivity contribution in [1.82, 2.24) is 0 Å². The van der Waals surface area contributed by atoms with Gasteiger partial charge < -0.3 is 0 Å². The Morgan fingerprint density at radius 1 is 0.267 bits per heavy atom. The van der Waals surface area contributed by atoms with Crippen molar-refractivity contribution >= 4 is 211 Å². The monoisotopic (exact) mass is 1410 g/mol. The van der Waals surface area contributed by atoms with E-state index in [9.17, 15) is 0 Å². The third-order valence-corrected chi connectivity index (χ3v) is 0. The Morgan fingerprint density at radius 3 is 0.267 bits per heavy atom. The normalized spacial score (nSPS) is 3.60. The first-order valence-electron chi connectivity index (χ1n) is 4.24. The van der Waals surface area contributed by atoms with Crippen molar-refractivity contribution in [2.75, 3.05) is 0 Å². The van der Waals surface area contributed by atoms with Crippen LogP contribution in [-0.4, -0.2) is 211 Å². The van der Waals surface area contributed by atoms with Crippen LogP contribution < -0.4 is 37.2 Å². The van der Waals surface area contributed by atoms with Gasteiger partial charge in [0.15, 0.2) is 0 Å². The van der Waals surface area contributed by atoms with Gasteiger partial charge in [0.1, 0.15) is 0 Å². The van der Waals surface area contributed by atoms with Crippen LogP contribution in [0.4, 0.5) is 0 Å². The van der Waals surface area contributed by atoms with Crippen LogP contribution in [0.1, 0.15) is 0 Å². The van der Waals surface area contributed by atoms with Crippen LogP contribution in [0.15, 0.2) is 0 Å². The van der Waals surface area contributed by atoms with Gasteiger partial charge in [-0.1, -0.05) is 0 Å². The summed E-state index contributed by atoms with van der Waals surface area (Å²) in [5, 5.41) is 0. The van der Waals surface area contributed by atoms with Gasteiger partial charge in [-0.25, -0.2) is 0 Å². The third kappa shape index (κ3) is 2300. The molecule has 0 heterocycles. The van der Waals surface area contributed by atoms with Crippen molar-refractivity contribution in [2.45, 2.75) is 0 Å². The summed E-state index contributed by atoms with van der Waals surface area (Å²) in [5.74, 6) is 0. The first-order valence-corrected chi connectivity index (χ1v) is 22.0. The molecule has 0 saturated heterocycles. The molecule has 0 unspecified atom stereocenters. The summed E-state index contributed by atoms with van der Waals surface area (Å²) >= 11 is -19.7. The van der Waals surface area contributed by atoms with Crippen LogP contribution in [0.5, 0.6) is 0 Å². The fraction of sp³-hybridized carbons (Fsp3) is 0. The quantitative estimate of drug-likeness (QED) is 0.203. The maximum absolute atomic E-state index is 8.53. The molecule has 0 aromatic heterocycles. The molecule has 30 heteroatoms. The van der Waals surface area contributed by atoms with Gasteiger partial charge in [-0.2, -0.15) is 0 Å². The molecule has 0 amide bonds. The minimum absolute atomic E-state index is 0. The fourth-order valence-corrected chi connectivity index (χ4v) is 0. The Morgan fingerprint density at radius 2 is 0.267 bits per heavy atom. The first kappa shape index (κ1) is 76.5. The Balaban J connectivity index is -0.0000000120. The molecule has 18 nitrogen and oxygen atoms in total. The minimum atomic E-state index is -2.19.